The van der Waals surface area contributed by atoms with E-state index in [1.54, 1.807) is 0 Å². The molecule has 0 aromatic carbocycles. The predicted molar refractivity (Wildman–Crippen MR) is 64.5 cm³/mol. The molecule has 1 spiro atoms. The summed E-state index contributed by atoms with van der Waals surface area (Å²) in [7, 11) is 0. The third kappa shape index (κ3) is 1.54. The lowest BCUT2D eigenvalue weighted by atomic mass is 9.61. The number of hydrogen-bond acceptors (Lipinski definition) is 5. The van der Waals surface area contributed by atoms with Gasteiger partial charge >= 0.3 is 0 Å². The van der Waals surface area contributed by atoms with Crippen LogP contribution >= 0.6 is 0 Å². The van der Waals surface area contributed by atoms with Gasteiger partial charge in [0.2, 0.25) is 5.79 Å². The smallest absolute Gasteiger partial charge is 0.201 e. The number of rotatable bonds is 0. The number of hydrogen-bond donors (Lipinski definition) is 1. The zero-order valence-corrected chi connectivity index (χ0v) is 11.5. The SMILES string of the molecule is C[C@H]1C(O)OC2O[C@@]3(C)CC[C@H]4CCC[C@@H]1[C@@]24OO3. The average Bonchev–Trinajstić information content (AvgIpc) is 2.61. The zero-order valence-electron chi connectivity index (χ0n) is 11.5. The molecule has 0 amide bonds. The van der Waals surface area contributed by atoms with E-state index in [1.165, 1.54) is 6.42 Å². The second-order valence-corrected chi connectivity index (χ2v) is 6.76. The Morgan fingerprint density at radius 2 is 2.00 bits per heavy atom. The van der Waals surface area contributed by atoms with Gasteiger partial charge in [0.1, 0.15) is 0 Å². The Hall–Kier alpha value is -0.200. The van der Waals surface area contributed by atoms with Crippen molar-refractivity contribution in [3.05, 3.63) is 0 Å². The fraction of sp³-hybridized carbons (Fsp3) is 1.00. The van der Waals surface area contributed by atoms with Crippen LogP contribution in [0.2, 0.25) is 0 Å². The van der Waals surface area contributed by atoms with E-state index in [2.05, 4.69) is 0 Å². The molecule has 1 N–H and O–H groups in total. The maximum atomic E-state index is 10.1. The molecule has 108 valence electrons. The molecule has 5 rings (SSSR count). The van der Waals surface area contributed by atoms with E-state index in [0.29, 0.717) is 5.92 Å². The van der Waals surface area contributed by atoms with Crippen LogP contribution in [0.25, 0.3) is 0 Å². The summed E-state index contributed by atoms with van der Waals surface area (Å²) in [6, 6.07) is 0. The van der Waals surface area contributed by atoms with E-state index < -0.39 is 24.0 Å². The van der Waals surface area contributed by atoms with Crippen molar-refractivity contribution in [3.8, 4) is 0 Å². The number of ether oxygens (including phenoxy) is 2. The molecule has 4 heterocycles. The van der Waals surface area contributed by atoms with Gasteiger partial charge in [0.05, 0.1) is 0 Å². The molecule has 7 atom stereocenters. The van der Waals surface area contributed by atoms with Crippen molar-refractivity contribution >= 4 is 0 Å². The summed E-state index contributed by atoms with van der Waals surface area (Å²) in [5.74, 6) is -0.0511. The van der Waals surface area contributed by atoms with Crippen LogP contribution in [0, 0.1) is 17.8 Å². The van der Waals surface area contributed by atoms with Crippen molar-refractivity contribution in [3.63, 3.8) is 0 Å². The number of aliphatic hydroxyl groups excluding tert-OH is 1. The lowest BCUT2D eigenvalue weighted by Gasteiger charge is -2.58. The normalized spacial score (nSPS) is 60.5. The van der Waals surface area contributed by atoms with E-state index in [1.807, 2.05) is 13.8 Å². The minimum atomic E-state index is -0.772. The highest BCUT2D eigenvalue weighted by atomic mass is 17.3. The molecule has 0 radical (unpaired) electrons. The first-order valence-electron chi connectivity index (χ1n) is 7.43. The summed E-state index contributed by atoms with van der Waals surface area (Å²) in [5.41, 5.74) is -0.521. The minimum Gasteiger partial charge on any atom is -0.368 e. The van der Waals surface area contributed by atoms with Gasteiger partial charge in [0.15, 0.2) is 18.2 Å². The second-order valence-electron chi connectivity index (χ2n) is 6.76. The summed E-state index contributed by atoms with van der Waals surface area (Å²) in [6.07, 6.45) is 3.92. The first-order valence-corrected chi connectivity index (χ1v) is 7.43. The van der Waals surface area contributed by atoms with Gasteiger partial charge in [-0.25, -0.2) is 9.78 Å². The highest BCUT2D eigenvalue weighted by Crippen LogP contribution is 2.58. The van der Waals surface area contributed by atoms with Crippen LogP contribution in [0.4, 0.5) is 0 Å². The van der Waals surface area contributed by atoms with Crippen LogP contribution in [-0.2, 0) is 19.2 Å². The van der Waals surface area contributed by atoms with Gasteiger partial charge in [-0.05, 0) is 32.1 Å². The van der Waals surface area contributed by atoms with Gasteiger partial charge in [-0.2, -0.15) is 0 Å². The van der Waals surface area contributed by atoms with E-state index in [4.69, 9.17) is 19.2 Å². The average molecular weight is 270 g/mol. The molecular formula is C14H22O5. The molecule has 1 aliphatic carbocycles. The topological polar surface area (TPSA) is 57.2 Å². The molecule has 5 nitrogen and oxygen atoms in total. The van der Waals surface area contributed by atoms with E-state index in [0.717, 1.165) is 25.7 Å². The van der Waals surface area contributed by atoms with Crippen molar-refractivity contribution in [1.82, 2.24) is 0 Å². The largest absolute Gasteiger partial charge is 0.368 e. The van der Waals surface area contributed by atoms with Crippen LogP contribution in [0.3, 0.4) is 0 Å². The predicted octanol–water partition coefficient (Wildman–Crippen LogP) is 1.94. The van der Waals surface area contributed by atoms with Gasteiger partial charge in [0, 0.05) is 18.3 Å². The Kier molecular flexibility index (Phi) is 2.59. The maximum absolute atomic E-state index is 10.1. The summed E-state index contributed by atoms with van der Waals surface area (Å²) >= 11 is 0. The monoisotopic (exact) mass is 270 g/mol. The van der Waals surface area contributed by atoms with E-state index in [9.17, 15) is 5.11 Å². The van der Waals surface area contributed by atoms with Gasteiger partial charge in [-0.1, -0.05) is 13.3 Å². The van der Waals surface area contributed by atoms with E-state index >= 15 is 0 Å². The third-order valence-electron chi connectivity index (χ3n) is 5.67. The van der Waals surface area contributed by atoms with Gasteiger partial charge in [-0.3, -0.25) is 0 Å². The summed E-state index contributed by atoms with van der Waals surface area (Å²) in [6.45, 7) is 3.92. The summed E-state index contributed by atoms with van der Waals surface area (Å²) in [4.78, 5) is 11.5. The number of aliphatic hydroxyl groups is 1. The fourth-order valence-corrected chi connectivity index (χ4v) is 4.54. The Balaban J connectivity index is 1.80. The Morgan fingerprint density at radius 1 is 1.16 bits per heavy atom. The Bertz CT molecular complexity index is 388. The Labute approximate surface area is 113 Å². The lowest BCUT2D eigenvalue weighted by molar-refractivity contribution is -0.575. The first kappa shape index (κ1) is 12.5. The lowest BCUT2D eigenvalue weighted by Crippen LogP contribution is -2.69. The quantitative estimate of drug-likeness (QED) is 0.682. The molecule has 19 heavy (non-hydrogen) atoms. The fourth-order valence-electron chi connectivity index (χ4n) is 4.54. The minimum absolute atomic E-state index is 0.0497. The molecule has 0 aromatic rings. The van der Waals surface area contributed by atoms with Crippen molar-refractivity contribution in [1.29, 1.82) is 0 Å². The van der Waals surface area contributed by atoms with Gasteiger partial charge in [-0.15, -0.1) is 0 Å². The molecule has 0 aromatic heterocycles. The maximum Gasteiger partial charge on any atom is 0.201 e. The van der Waals surface area contributed by atoms with E-state index in [-0.39, 0.29) is 11.8 Å². The zero-order chi connectivity index (χ0) is 13.3. The molecule has 5 aliphatic rings. The summed E-state index contributed by atoms with van der Waals surface area (Å²) < 4.78 is 11.8. The third-order valence-corrected chi connectivity index (χ3v) is 5.67. The van der Waals surface area contributed by atoms with Crippen LogP contribution in [-0.4, -0.2) is 29.1 Å². The molecule has 5 fully saturated rings. The van der Waals surface area contributed by atoms with Crippen LogP contribution in [0.5, 0.6) is 0 Å². The molecular weight excluding hydrogens is 248 g/mol. The second kappa shape index (κ2) is 3.92. The van der Waals surface area contributed by atoms with Crippen molar-refractivity contribution < 1.29 is 24.4 Å². The molecule has 5 heteroatoms. The number of fused-ring (bicyclic) bond motifs is 2. The van der Waals surface area contributed by atoms with Crippen molar-refractivity contribution in [2.24, 2.45) is 17.8 Å². The highest BCUT2D eigenvalue weighted by Gasteiger charge is 2.68. The first-order chi connectivity index (χ1) is 9.05. The molecule has 4 saturated heterocycles. The highest BCUT2D eigenvalue weighted by molar-refractivity contribution is 5.07. The van der Waals surface area contributed by atoms with Crippen LogP contribution in [0.1, 0.15) is 46.0 Å². The summed E-state index contributed by atoms with van der Waals surface area (Å²) in [5, 5.41) is 10.1. The van der Waals surface area contributed by atoms with Crippen LogP contribution in [0.15, 0.2) is 0 Å². The molecule has 2 unspecified atom stereocenters. The Morgan fingerprint density at radius 3 is 2.84 bits per heavy atom. The van der Waals surface area contributed by atoms with Gasteiger partial charge < -0.3 is 14.6 Å². The molecule has 4 aliphatic heterocycles. The molecule has 1 saturated carbocycles. The standard InChI is InChI=1S/C14H22O5/c1-8-10-5-3-4-9-6-7-13(2)17-12(16-11(8)15)14(9,10)19-18-13/h8-12,15H,3-7H2,1-2H3/t8-,9-,10+,11?,12?,13-,14-/m1/s1. The van der Waals surface area contributed by atoms with Crippen molar-refractivity contribution in [2.75, 3.05) is 0 Å². The van der Waals surface area contributed by atoms with Crippen molar-refractivity contribution in [2.45, 2.75) is 69.9 Å². The van der Waals surface area contributed by atoms with Crippen LogP contribution < -0.4 is 0 Å². The van der Waals surface area contributed by atoms with Gasteiger partial charge in [0.25, 0.3) is 0 Å². The molecule has 2 bridgehead atoms.